The maximum Gasteiger partial charge on any atom is 0.203 e. The average Bonchev–Trinajstić information content (AvgIpc) is 2.55. The Morgan fingerprint density at radius 2 is 1.61 bits per heavy atom. The van der Waals surface area contributed by atoms with E-state index in [4.69, 9.17) is 29.4 Å². The summed E-state index contributed by atoms with van der Waals surface area (Å²) in [5.74, 6) is 0.713. The van der Waals surface area contributed by atoms with Crippen LogP contribution in [0.5, 0.6) is 17.2 Å². The zero-order valence-corrected chi connectivity index (χ0v) is 13.6. The molecule has 8 heteroatoms. The smallest absolute Gasteiger partial charge is 0.203 e. The molecule has 2 atom stereocenters. The minimum absolute atomic E-state index is 0.0482. The Kier molecular flexibility index (Phi) is 8.64. The lowest BCUT2D eigenvalue weighted by molar-refractivity contribution is 0.0403. The Morgan fingerprint density at radius 1 is 1.09 bits per heavy atom. The summed E-state index contributed by atoms with van der Waals surface area (Å²) in [6.07, 6.45) is -0.931. The van der Waals surface area contributed by atoms with Gasteiger partial charge in [0.15, 0.2) is 25.1 Å². The molecule has 0 heterocycles. The van der Waals surface area contributed by atoms with Gasteiger partial charge in [0.25, 0.3) is 0 Å². The molecule has 0 aliphatic carbocycles. The first-order valence-corrected chi connectivity index (χ1v) is 7.09. The number of aliphatic hydroxyl groups is 1. The third-order valence-electron chi connectivity index (χ3n) is 2.87. The Labute approximate surface area is 135 Å². The molecule has 0 aliphatic heterocycles. The lowest BCUT2D eigenvalue weighted by atomic mass is 10.0. The van der Waals surface area contributed by atoms with E-state index in [0.717, 1.165) is 0 Å². The molecular weight excluding hydrogens is 309 g/mol. The predicted molar refractivity (Wildman–Crippen MR) is 81.5 cm³/mol. The van der Waals surface area contributed by atoms with Crippen LogP contribution < -0.4 is 19.9 Å². The van der Waals surface area contributed by atoms with Gasteiger partial charge in [0.05, 0.1) is 6.10 Å². The fourth-order valence-corrected chi connectivity index (χ4v) is 1.81. The largest absolute Gasteiger partial charge is 0.484 e. The van der Waals surface area contributed by atoms with Gasteiger partial charge in [-0.2, -0.15) is 0 Å². The van der Waals surface area contributed by atoms with Crippen LogP contribution in [0.2, 0.25) is 0 Å². The van der Waals surface area contributed by atoms with E-state index >= 15 is 0 Å². The molecule has 0 aliphatic rings. The number of benzene rings is 1. The molecular formula is C15H24FNO6. The van der Waals surface area contributed by atoms with E-state index in [9.17, 15) is 9.50 Å². The van der Waals surface area contributed by atoms with E-state index in [1.54, 1.807) is 19.1 Å². The van der Waals surface area contributed by atoms with Crippen molar-refractivity contribution in [3.63, 3.8) is 0 Å². The Hall–Kier alpha value is -1.61. The van der Waals surface area contributed by atoms with Gasteiger partial charge in [-0.25, -0.2) is 4.39 Å². The molecule has 0 amide bonds. The molecule has 0 fully saturated rings. The standard InChI is InChI=1S/C15H24FNO6/c1-10(17)14(18)11-6-12(22-8-19-2)15(21-5-4-16)13(7-11)23-9-20-3/h6-7,10,14,18H,4-5,8-9,17H2,1-3H3. The van der Waals surface area contributed by atoms with Crippen LogP contribution in [0.1, 0.15) is 18.6 Å². The quantitative estimate of drug-likeness (QED) is 0.591. The number of alkyl halides is 1. The minimum Gasteiger partial charge on any atom is -0.484 e. The van der Waals surface area contributed by atoms with Crippen molar-refractivity contribution in [3.8, 4) is 17.2 Å². The summed E-state index contributed by atoms with van der Waals surface area (Å²) in [5, 5.41) is 10.2. The van der Waals surface area contributed by atoms with Gasteiger partial charge in [-0.05, 0) is 24.6 Å². The van der Waals surface area contributed by atoms with Crippen LogP contribution in [0.4, 0.5) is 4.39 Å². The van der Waals surface area contributed by atoms with Gasteiger partial charge in [-0.3, -0.25) is 0 Å². The van der Waals surface area contributed by atoms with E-state index in [2.05, 4.69) is 0 Å². The highest BCUT2D eigenvalue weighted by Gasteiger charge is 2.21. The Bertz CT molecular complexity index is 442. The van der Waals surface area contributed by atoms with Crippen molar-refractivity contribution in [1.29, 1.82) is 0 Å². The zero-order valence-electron chi connectivity index (χ0n) is 13.6. The molecule has 0 radical (unpaired) electrons. The van der Waals surface area contributed by atoms with Crippen LogP contribution in [-0.2, 0) is 9.47 Å². The van der Waals surface area contributed by atoms with Gasteiger partial charge in [0.1, 0.15) is 13.3 Å². The lowest BCUT2D eigenvalue weighted by Gasteiger charge is -2.21. The SMILES string of the molecule is COCOc1cc(C(O)C(C)N)cc(OCOC)c1OCCF. The topological polar surface area (TPSA) is 92.4 Å². The summed E-state index contributed by atoms with van der Waals surface area (Å²) >= 11 is 0. The van der Waals surface area contributed by atoms with Gasteiger partial charge >= 0.3 is 0 Å². The van der Waals surface area contributed by atoms with E-state index in [1.165, 1.54) is 14.2 Å². The summed E-state index contributed by atoms with van der Waals surface area (Å²) in [7, 11) is 2.93. The number of hydrogen-bond acceptors (Lipinski definition) is 7. The van der Waals surface area contributed by atoms with Crippen LogP contribution >= 0.6 is 0 Å². The van der Waals surface area contributed by atoms with Crippen molar-refractivity contribution in [2.24, 2.45) is 5.73 Å². The van der Waals surface area contributed by atoms with Crippen molar-refractivity contribution >= 4 is 0 Å². The number of ether oxygens (including phenoxy) is 5. The van der Waals surface area contributed by atoms with Crippen molar-refractivity contribution < 1.29 is 33.2 Å². The second-order valence-electron chi connectivity index (χ2n) is 4.79. The zero-order chi connectivity index (χ0) is 17.2. The molecule has 0 bridgehead atoms. The first-order chi connectivity index (χ1) is 11.0. The summed E-state index contributed by atoms with van der Waals surface area (Å²) < 4.78 is 38.4. The van der Waals surface area contributed by atoms with Crippen LogP contribution in [0.15, 0.2) is 12.1 Å². The van der Waals surface area contributed by atoms with Crippen LogP contribution in [-0.4, -0.2) is 52.2 Å². The monoisotopic (exact) mass is 333 g/mol. The molecule has 1 rings (SSSR count). The van der Waals surface area contributed by atoms with Crippen molar-refractivity contribution in [3.05, 3.63) is 17.7 Å². The van der Waals surface area contributed by atoms with Crippen molar-refractivity contribution in [2.45, 2.75) is 19.1 Å². The average molecular weight is 333 g/mol. The maximum absolute atomic E-state index is 12.4. The molecule has 7 nitrogen and oxygen atoms in total. The van der Waals surface area contributed by atoms with Crippen LogP contribution in [0.3, 0.4) is 0 Å². The highest BCUT2D eigenvalue weighted by molar-refractivity contribution is 5.54. The van der Waals surface area contributed by atoms with Gasteiger partial charge in [-0.1, -0.05) is 0 Å². The van der Waals surface area contributed by atoms with Crippen molar-refractivity contribution in [2.75, 3.05) is 41.1 Å². The van der Waals surface area contributed by atoms with E-state index in [1.807, 2.05) is 0 Å². The normalized spacial score (nSPS) is 13.5. The Balaban J connectivity index is 3.24. The first-order valence-electron chi connectivity index (χ1n) is 7.09. The molecule has 0 aromatic heterocycles. The molecule has 132 valence electrons. The number of halogens is 1. The summed E-state index contributed by atoms with van der Waals surface area (Å²) in [6.45, 7) is 0.740. The third-order valence-corrected chi connectivity index (χ3v) is 2.87. The number of aliphatic hydroxyl groups excluding tert-OH is 1. The fraction of sp³-hybridized carbons (Fsp3) is 0.600. The predicted octanol–water partition coefficient (Wildman–Crippen LogP) is 1.38. The van der Waals surface area contributed by atoms with Gasteiger partial charge in [0.2, 0.25) is 5.75 Å². The lowest BCUT2D eigenvalue weighted by Crippen LogP contribution is -2.24. The van der Waals surface area contributed by atoms with E-state index in [0.29, 0.717) is 5.56 Å². The number of rotatable bonds is 11. The molecule has 0 saturated heterocycles. The second kappa shape index (κ2) is 10.2. The maximum atomic E-state index is 12.4. The minimum atomic E-state index is -0.931. The van der Waals surface area contributed by atoms with Gasteiger partial charge in [0, 0.05) is 20.3 Å². The highest BCUT2D eigenvalue weighted by Crippen LogP contribution is 2.40. The molecule has 1 aromatic rings. The number of nitrogens with two attached hydrogens (primary N) is 1. The molecule has 23 heavy (non-hydrogen) atoms. The number of methoxy groups -OCH3 is 2. The summed E-state index contributed by atoms with van der Waals surface area (Å²) in [5.41, 5.74) is 6.20. The molecule has 1 aromatic carbocycles. The van der Waals surface area contributed by atoms with Gasteiger partial charge < -0.3 is 34.5 Å². The van der Waals surface area contributed by atoms with E-state index in [-0.39, 0.29) is 37.4 Å². The van der Waals surface area contributed by atoms with Crippen molar-refractivity contribution in [1.82, 2.24) is 0 Å². The Morgan fingerprint density at radius 3 is 2.00 bits per heavy atom. The molecule has 3 N–H and O–H groups in total. The fourth-order valence-electron chi connectivity index (χ4n) is 1.81. The van der Waals surface area contributed by atoms with Gasteiger partial charge in [-0.15, -0.1) is 0 Å². The summed E-state index contributed by atoms with van der Waals surface area (Å²) in [4.78, 5) is 0. The second-order valence-corrected chi connectivity index (χ2v) is 4.79. The van der Waals surface area contributed by atoms with E-state index < -0.39 is 18.8 Å². The van der Waals surface area contributed by atoms with Crippen LogP contribution in [0.25, 0.3) is 0 Å². The van der Waals surface area contributed by atoms with Crippen LogP contribution in [0, 0.1) is 0 Å². The third kappa shape index (κ3) is 5.83. The molecule has 2 unspecified atom stereocenters. The summed E-state index contributed by atoms with van der Waals surface area (Å²) in [6, 6.07) is 2.61. The molecule has 0 spiro atoms. The first kappa shape index (κ1) is 19.4. The number of hydrogen-bond donors (Lipinski definition) is 2. The molecule has 0 saturated carbocycles. The highest BCUT2D eigenvalue weighted by atomic mass is 19.1.